The summed E-state index contributed by atoms with van der Waals surface area (Å²) in [6.45, 7) is 1.73. The van der Waals surface area contributed by atoms with Gasteiger partial charge < -0.3 is 9.84 Å². The van der Waals surface area contributed by atoms with Crippen molar-refractivity contribution in [2.45, 2.75) is 6.92 Å². The monoisotopic (exact) mass is 270 g/mol. The second-order valence-electron chi connectivity index (χ2n) is 3.01. The number of allylic oxidation sites excluding steroid dienone is 1. The van der Waals surface area contributed by atoms with Crippen molar-refractivity contribution in [3.63, 3.8) is 0 Å². The number of carbonyl (C=O) groups is 1. The van der Waals surface area contributed by atoms with Gasteiger partial charge in [-0.2, -0.15) is 0 Å². The van der Waals surface area contributed by atoms with Crippen LogP contribution >= 0.6 is 15.9 Å². The molecule has 0 atom stereocenters. The van der Waals surface area contributed by atoms with E-state index in [1.54, 1.807) is 20.1 Å². The summed E-state index contributed by atoms with van der Waals surface area (Å²) in [5, 5.41) is 8.65. The number of ether oxygens (including phenoxy) is 1. The standard InChI is InChI=1S/C11H11BrO3/c1-7(5-11(13)14)9-6-8(12)3-4-10(9)15-2/h3-6H,1-2H3,(H,13,14)/b7-5+. The molecule has 0 aliphatic heterocycles. The van der Waals surface area contributed by atoms with Gasteiger partial charge in [0.25, 0.3) is 0 Å². The number of rotatable bonds is 3. The number of aliphatic carboxylic acids is 1. The van der Waals surface area contributed by atoms with Crippen LogP contribution in [0.25, 0.3) is 5.57 Å². The first-order chi connectivity index (χ1) is 7.04. The summed E-state index contributed by atoms with van der Waals surface area (Å²) in [5.74, 6) is -0.303. The molecule has 1 rings (SSSR count). The van der Waals surface area contributed by atoms with E-state index in [9.17, 15) is 4.79 Å². The van der Waals surface area contributed by atoms with Gasteiger partial charge in [0, 0.05) is 16.1 Å². The van der Waals surface area contributed by atoms with Gasteiger partial charge in [-0.25, -0.2) is 4.79 Å². The molecular formula is C11H11BrO3. The Balaban J connectivity index is 3.22. The molecule has 0 unspecified atom stereocenters. The van der Waals surface area contributed by atoms with Gasteiger partial charge in [-0.05, 0) is 30.7 Å². The molecule has 0 heterocycles. The van der Waals surface area contributed by atoms with E-state index in [1.165, 1.54) is 0 Å². The highest BCUT2D eigenvalue weighted by Gasteiger charge is 2.06. The number of hydrogen-bond donors (Lipinski definition) is 1. The van der Waals surface area contributed by atoms with Gasteiger partial charge in [-0.3, -0.25) is 0 Å². The molecule has 0 saturated heterocycles. The molecule has 0 fully saturated rings. The predicted octanol–water partition coefficient (Wildman–Crippen LogP) is 2.95. The Bertz CT molecular complexity index is 410. The van der Waals surface area contributed by atoms with Crippen molar-refractivity contribution in [1.82, 2.24) is 0 Å². The maximum atomic E-state index is 10.5. The summed E-state index contributed by atoms with van der Waals surface area (Å²) < 4.78 is 6.03. The third-order valence-electron chi connectivity index (χ3n) is 1.93. The minimum Gasteiger partial charge on any atom is -0.496 e. The van der Waals surface area contributed by atoms with E-state index in [0.717, 1.165) is 16.1 Å². The lowest BCUT2D eigenvalue weighted by Crippen LogP contribution is -1.93. The topological polar surface area (TPSA) is 46.5 Å². The first-order valence-corrected chi connectivity index (χ1v) is 5.09. The summed E-state index contributed by atoms with van der Waals surface area (Å²) in [6.07, 6.45) is 1.16. The third kappa shape index (κ3) is 3.09. The maximum Gasteiger partial charge on any atom is 0.328 e. The van der Waals surface area contributed by atoms with Crippen molar-refractivity contribution < 1.29 is 14.6 Å². The van der Waals surface area contributed by atoms with Crippen LogP contribution < -0.4 is 4.74 Å². The first kappa shape index (κ1) is 11.8. The predicted molar refractivity (Wildman–Crippen MR) is 62.0 cm³/mol. The van der Waals surface area contributed by atoms with Crippen LogP contribution in [0.1, 0.15) is 12.5 Å². The quantitative estimate of drug-likeness (QED) is 0.860. The number of carboxylic acid groups (broad SMARTS) is 1. The molecule has 0 aliphatic carbocycles. The van der Waals surface area contributed by atoms with Gasteiger partial charge in [0.1, 0.15) is 5.75 Å². The highest BCUT2D eigenvalue weighted by Crippen LogP contribution is 2.28. The molecule has 1 aromatic carbocycles. The molecule has 0 amide bonds. The number of methoxy groups -OCH3 is 1. The van der Waals surface area contributed by atoms with Gasteiger partial charge >= 0.3 is 5.97 Å². The second kappa shape index (κ2) is 4.98. The zero-order valence-electron chi connectivity index (χ0n) is 8.45. The van der Waals surface area contributed by atoms with Crippen molar-refractivity contribution >= 4 is 27.5 Å². The van der Waals surface area contributed by atoms with Crippen LogP contribution in [0.2, 0.25) is 0 Å². The van der Waals surface area contributed by atoms with Crippen LogP contribution in [0, 0.1) is 0 Å². The fourth-order valence-electron chi connectivity index (χ4n) is 1.25. The van der Waals surface area contributed by atoms with Gasteiger partial charge in [-0.1, -0.05) is 15.9 Å². The summed E-state index contributed by atoms with van der Waals surface area (Å²) in [7, 11) is 1.56. The summed E-state index contributed by atoms with van der Waals surface area (Å²) in [6, 6.07) is 5.46. The molecule has 1 N–H and O–H groups in total. The molecule has 1 aromatic rings. The smallest absolute Gasteiger partial charge is 0.328 e. The lowest BCUT2D eigenvalue weighted by Gasteiger charge is -2.08. The molecule has 0 radical (unpaired) electrons. The highest BCUT2D eigenvalue weighted by molar-refractivity contribution is 9.10. The van der Waals surface area contributed by atoms with E-state index >= 15 is 0 Å². The Morgan fingerprint density at radius 3 is 2.73 bits per heavy atom. The molecule has 3 nitrogen and oxygen atoms in total. The zero-order valence-corrected chi connectivity index (χ0v) is 10.0. The number of hydrogen-bond acceptors (Lipinski definition) is 2. The number of carboxylic acids is 1. The molecule has 0 saturated carbocycles. The summed E-state index contributed by atoms with van der Waals surface area (Å²) in [4.78, 5) is 10.5. The van der Waals surface area contributed by atoms with E-state index in [0.29, 0.717) is 11.3 Å². The van der Waals surface area contributed by atoms with Crippen LogP contribution in [0.5, 0.6) is 5.75 Å². The van der Waals surface area contributed by atoms with E-state index in [2.05, 4.69) is 15.9 Å². The second-order valence-corrected chi connectivity index (χ2v) is 3.93. The molecule has 0 aliphatic rings. The van der Waals surface area contributed by atoms with Crippen LogP contribution in [0.3, 0.4) is 0 Å². The van der Waals surface area contributed by atoms with Crippen LogP contribution in [-0.2, 0) is 4.79 Å². The summed E-state index contributed by atoms with van der Waals surface area (Å²) >= 11 is 3.33. The van der Waals surface area contributed by atoms with Gasteiger partial charge in [0.2, 0.25) is 0 Å². The molecular weight excluding hydrogens is 260 g/mol. The molecule has 4 heteroatoms. The van der Waals surface area contributed by atoms with Gasteiger partial charge in [0.05, 0.1) is 7.11 Å². The average Bonchev–Trinajstić information content (AvgIpc) is 2.16. The fourth-order valence-corrected chi connectivity index (χ4v) is 1.61. The number of halogens is 1. The Morgan fingerprint density at radius 1 is 1.53 bits per heavy atom. The van der Waals surface area contributed by atoms with Gasteiger partial charge in [-0.15, -0.1) is 0 Å². The molecule has 0 aromatic heterocycles. The molecule has 15 heavy (non-hydrogen) atoms. The van der Waals surface area contributed by atoms with E-state index in [1.807, 2.05) is 12.1 Å². The Hall–Kier alpha value is -1.29. The Labute approximate surface area is 96.5 Å². The van der Waals surface area contributed by atoms with E-state index in [-0.39, 0.29) is 0 Å². The van der Waals surface area contributed by atoms with Gasteiger partial charge in [0.15, 0.2) is 0 Å². The van der Waals surface area contributed by atoms with Crippen molar-refractivity contribution in [2.75, 3.05) is 7.11 Å². The van der Waals surface area contributed by atoms with E-state index < -0.39 is 5.97 Å². The lowest BCUT2D eigenvalue weighted by atomic mass is 10.1. The van der Waals surface area contributed by atoms with Crippen LogP contribution in [0.4, 0.5) is 0 Å². The SMILES string of the molecule is COc1ccc(Br)cc1/C(C)=C/C(=O)O. The maximum absolute atomic E-state index is 10.5. The molecule has 0 bridgehead atoms. The number of benzene rings is 1. The lowest BCUT2D eigenvalue weighted by molar-refractivity contribution is -0.131. The summed E-state index contributed by atoms with van der Waals surface area (Å²) in [5.41, 5.74) is 1.43. The van der Waals surface area contributed by atoms with Crippen LogP contribution in [0.15, 0.2) is 28.7 Å². The third-order valence-corrected chi connectivity index (χ3v) is 2.42. The zero-order chi connectivity index (χ0) is 11.4. The Morgan fingerprint density at radius 2 is 2.20 bits per heavy atom. The van der Waals surface area contributed by atoms with Crippen LogP contribution in [-0.4, -0.2) is 18.2 Å². The normalized spacial score (nSPS) is 11.3. The minimum atomic E-state index is -0.963. The fraction of sp³-hybridized carbons (Fsp3) is 0.182. The Kier molecular flexibility index (Phi) is 3.91. The van der Waals surface area contributed by atoms with E-state index in [4.69, 9.17) is 9.84 Å². The largest absolute Gasteiger partial charge is 0.496 e. The van der Waals surface area contributed by atoms with Crippen molar-refractivity contribution in [3.05, 3.63) is 34.3 Å². The first-order valence-electron chi connectivity index (χ1n) is 4.29. The van der Waals surface area contributed by atoms with Crippen molar-refractivity contribution in [3.8, 4) is 5.75 Å². The minimum absolute atomic E-state index is 0.653. The highest BCUT2D eigenvalue weighted by atomic mass is 79.9. The van der Waals surface area contributed by atoms with Crippen molar-refractivity contribution in [1.29, 1.82) is 0 Å². The van der Waals surface area contributed by atoms with Crippen molar-refractivity contribution in [2.24, 2.45) is 0 Å². The molecule has 80 valence electrons. The average molecular weight is 271 g/mol. The molecule has 0 spiro atoms.